The largest absolute Gasteiger partial charge is 0.480 e. The Morgan fingerprint density at radius 2 is 2.00 bits per heavy atom. The highest BCUT2D eigenvalue weighted by atomic mass is 16.4. The molecule has 1 aliphatic heterocycles. The molecule has 1 N–H and O–H groups in total. The lowest BCUT2D eigenvalue weighted by molar-refractivity contribution is -0.150. The Labute approximate surface area is 120 Å². The van der Waals surface area contributed by atoms with Crippen molar-refractivity contribution in [1.29, 1.82) is 0 Å². The van der Waals surface area contributed by atoms with Crippen LogP contribution in [-0.2, 0) is 11.8 Å². The minimum Gasteiger partial charge on any atom is -0.480 e. The number of nitrogens with zero attached hydrogens (tertiary/aromatic N) is 3. The van der Waals surface area contributed by atoms with Gasteiger partial charge >= 0.3 is 5.97 Å². The van der Waals surface area contributed by atoms with E-state index in [1.54, 1.807) is 17.1 Å². The van der Waals surface area contributed by atoms with Crippen LogP contribution in [0.1, 0.15) is 51.1 Å². The van der Waals surface area contributed by atoms with E-state index in [1.807, 2.05) is 7.05 Å². The molecule has 0 spiro atoms. The fourth-order valence-electron chi connectivity index (χ4n) is 3.59. The molecular weight excluding hydrogens is 254 g/mol. The van der Waals surface area contributed by atoms with Gasteiger partial charge in [-0.2, -0.15) is 5.10 Å². The van der Waals surface area contributed by atoms with Crippen molar-refractivity contribution in [2.24, 2.45) is 12.5 Å². The number of carboxylic acid groups (broad SMARTS) is 1. The summed E-state index contributed by atoms with van der Waals surface area (Å²) in [4.78, 5) is 13.7. The summed E-state index contributed by atoms with van der Waals surface area (Å²) in [6.07, 6.45) is 8.18. The molecule has 0 amide bonds. The van der Waals surface area contributed by atoms with Crippen molar-refractivity contribution in [3.8, 4) is 0 Å². The van der Waals surface area contributed by atoms with Gasteiger partial charge in [0.25, 0.3) is 0 Å². The van der Waals surface area contributed by atoms with Crippen LogP contribution >= 0.6 is 0 Å². The zero-order valence-electron chi connectivity index (χ0n) is 12.7. The molecule has 5 heteroatoms. The maximum atomic E-state index is 11.6. The van der Waals surface area contributed by atoms with E-state index in [1.165, 1.54) is 25.7 Å². The van der Waals surface area contributed by atoms with E-state index in [0.29, 0.717) is 5.41 Å². The average Bonchev–Trinajstić information content (AvgIpc) is 2.73. The van der Waals surface area contributed by atoms with Crippen LogP contribution < -0.4 is 0 Å². The fourth-order valence-corrected chi connectivity index (χ4v) is 3.59. The molecule has 1 aromatic rings. The van der Waals surface area contributed by atoms with E-state index in [9.17, 15) is 9.90 Å². The molecule has 20 heavy (non-hydrogen) atoms. The third-order valence-electron chi connectivity index (χ3n) is 4.28. The molecule has 1 aliphatic rings. The number of aliphatic carboxylic acids is 1. The Balaban J connectivity index is 2.09. The van der Waals surface area contributed by atoms with Gasteiger partial charge in [0.2, 0.25) is 0 Å². The van der Waals surface area contributed by atoms with Gasteiger partial charge in [-0.1, -0.05) is 26.7 Å². The Bertz CT molecular complexity index is 455. The molecule has 1 aromatic heterocycles. The van der Waals surface area contributed by atoms with Crippen molar-refractivity contribution in [1.82, 2.24) is 14.7 Å². The van der Waals surface area contributed by atoms with Gasteiger partial charge in [0, 0.05) is 31.9 Å². The van der Waals surface area contributed by atoms with Crippen molar-refractivity contribution >= 4 is 5.97 Å². The highest BCUT2D eigenvalue weighted by molar-refractivity contribution is 5.75. The van der Waals surface area contributed by atoms with Crippen LogP contribution in [0.3, 0.4) is 0 Å². The minimum atomic E-state index is -0.778. The zero-order chi connectivity index (χ0) is 14.8. The van der Waals surface area contributed by atoms with Crippen LogP contribution in [0, 0.1) is 5.41 Å². The van der Waals surface area contributed by atoms with E-state index in [-0.39, 0.29) is 0 Å². The second kappa shape index (κ2) is 5.95. The number of hydrogen-bond donors (Lipinski definition) is 1. The summed E-state index contributed by atoms with van der Waals surface area (Å²) in [5.74, 6) is -0.778. The van der Waals surface area contributed by atoms with Gasteiger partial charge in [-0.25, -0.2) is 0 Å². The van der Waals surface area contributed by atoms with Crippen molar-refractivity contribution < 1.29 is 9.90 Å². The summed E-state index contributed by atoms with van der Waals surface area (Å²) in [5, 5.41) is 13.6. The highest BCUT2D eigenvalue weighted by Gasteiger charge is 2.46. The summed E-state index contributed by atoms with van der Waals surface area (Å²) >= 11 is 0. The molecule has 1 atom stereocenters. The van der Waals surface area contributed by atoms with Gasteiger partial charge in [-0.05, 0) is 18.3 Å². The molecule has 0 radical (unpaired) electrons. The first kappa shape index (κ1) is 15.0. The van der Waals surface area contributed by atoms with E-state index in [2.05, 4.69) is 23.8 Å². The van der Waals surface area contributed by atoms with Gasteiger partial charge in [-0.15, -0.1) is 0 Å². The standard InChI is InChI=1S/C15H25N3O2/c1-4-6-15(7-5-2)10-18(11-15)13(14(19)20)12-8-16-17(3)9-12/h8-9,13H,4-7,10-11H2,1-3H3,(H,19,20). The van der Waals surface area contributed by atoms with Gasteiger partial charge < -0.3 is 5.11 Å². The first-order valence-electron chi connectivity index (χ1n) is 7.47. The zero-order valence-corrected chi connectivity index (χ0v) is 12.7. The van der Waals surface area contributed by atoms with Gasteiger partial charge in [0.1, 0.15) is 6.04 Å². The number of hydrogen-bond acceptors (Lipinski definition) is 3. The number of carboxylic acids is 1. The van der Waals surface area contributed by atoms with Crippen LogP contribution in [0.4, 0.5) is 0 Å². The molecule has 2 heterocycles. The average molecular weight is 279 g/mol. The van der Waals surface area contributed by atoms with E-state index < -0.39 is 12.0 Å². The third kappa shape index (κ3) is 2.87. The van der Waals surface area contributed by atoms with Crippen LogP contribution in [0.2, 0.25) is 0 Å². The minimum absolute atomic E-state index is 0.333. The number of carbonyl (C=O) groups is 1. The molecule has 112 valence electrons. The first-order valence-corrected chi connectivity index (χ1v) is 7.47. The normalized spacial score (nSPS) is 19.6. The SMILES string of the molecule is CCCC1(CCC)CN(C(C(=O)O)c2cnn(C)c2)C1. The second-order valence-electron chi connectivity index (χ2n) is 6.09. The smallest absolute Gasteiger partial charge is 0.325 e. The van der Waals surface area contributed by atoms with Crippen LogP contribution in [0.5, 0.6) is 0 Å². The summed E-state index contributed by atoms with van der Waals surface area (Å²) in [7, 11) is 1.82. The number of likely N-dealkylation sites (tertiary alicyclic amines) is 1. The Morgan fingerprint density at radius 3 is 2.40 bits per heavy atom. The van der Waals surface area contributed by atoms with E-state index >= 15 is 0 Å². The Hall–Kier alpha value is -1.36. The number of aryl methyl sites for hydroxylation is 1. The molecule has 1 unspecified atom stereocenters. The first-order chi connectivity index (χ1) is 9.51. The Morgan fingerprint density at radius 1 is 1.40 bits per heavy atom. The molecule has 2 rings (SSSR count). The quantitative estimate of drug-likeness (QED) is 0.833. The van der Waals surface area contributed by atoms with E-state index in [4.69, 9.17) is 0 Å². The molecule has 0 aromatic carbocycles. The van der Waals surface area contributed by atoms with Crippen LogP contribution in [0.15, 0.2) is 12.4 Å². The van der Waals surface area contributed by atoms with Crippen LogP contribution in [0.25, 0.3) is 0 Å². The van der Waals surface area contributed by atoms with Gasteiger partial charge in [0.15, 0.2) is 0 Å². The molecule has 0 aliphatic carbocycles. The van der Waals surface area contributed by atoms with Gasteiger partial charge in [0.05, 0.1) is 6.20 Å². The summed E-state index contributed by atoms with van der Waals surface area (Å²) in [6.45, 7) is 6.19. The van der Waals surface area contributed by atoms with Crippen LogP contribution in [-0.4, -0.2) is 38.8 Å². The van der Waals surface area contributed by atoms with E-state index in [0.717, 1.165) is 18.7 Å². The number of aromatic nitrogens is 2. The Kier molecular flexibility index (Phi) is 4.48. The summed E-state index contributed by atoms with van der Waals surface area (Å²) in [5.41, 5.74) is 1.11. The molecule has 0 bridgehead atoms. The maximum absolute atomic E-state index is 11.6. The summed E-state index contributed by atoms with van der Waals surface area (Å²) in [6, 6.07) is -0.550. The van der Waals surface area contributed by atoms with Crippen molar-refractivity contribution in [2.45, 2.75) is 45.6 Å². The lowest BCUT2D eigenvalue weighted by atomic mass is 9.71. The fraction of sp³-hybridized carbons (Fsp3) is 0.733. The monoisotopic (exact) mass is 279 g/mol. The molecular formula is C15H25N3O2. The molecule has 1 fully saturated rings. The van der Waals surface area contributed by atoms with Crippen molar-refractivity contribution in [3.63, 3.8) is 0 Å². The molecule has 1 saturated heterocycles. The third-order valence-corrected chi connectivity index (χ3v) is 4.28. The predicted molar refractivity (Wildman–Crippen MR) is 77.4 cm³/mol. The lowest BCUT2D eigenvalue weighted by Gasteiger charge is -2.52. The second-order valence-corrected chi connectivity index (χ2v) is 6.09. The van der Waals surface area contributed by atoms with Crippen molar-refractivity contribution in [3.05, 3.63) is 18.0 Å². The van der Waals surface area contributed by atoms with Crippen molar-refractivity contribution in [2.75, 3.05) is 13.1 Å². The predicted octanol–water partition coefficient (Wildman–Crippen LogP) is 2.45. The molecule has 0 saturated carbocycles. The molecule has 5 nitrogen and oxygen atoms in total. The van der Waals surface area contributed by atoms with Gasteiger partial charge in [-0.3, -0.25) is 14.4 Å². The summed E-state index contributed by atoms with van der Waals surface area (Å²) < 4.78 is 1.66. The number of rotatable bonds is 7. The highest BCUT2D eigenvalue weighted by Crippen LogP contribution is 2.43. The lowest BCUT2D eigenvalue weighted by Crippen LogP contribution is -2.58. The topological polar surface area (TPSA) is 58.4 Å². The maximum Gasteiger partial charge on any atom is 0.325 e.